The van der Waals surface area contributed by atoms with Gasteiger partial charge in [-0.2, -0.15) is 0 Å². The Morgan fingerprint density at radius 3 is 2.46 bits per heavy atom. The number of ether oxygens (including phenoxy) is 3. The van der Waals surface area contributed by atoms with Gasteiger partial charge in [0.05, 0.1) is 27.1 Å². The fraction of sp³-hybridized carbons (Fsp3) is 0.350. The standard InChI is InChI=1S/C20H25NO4S/c1-14-8-18(24-3)19(25-4)10-16(14)12-26-13-20(22)21-11-15-6-5-7-17(9-15)23-2/h5-10H,11-13H2,1-4H3,(H,21,22). The zero-order valence-electron chi connectivity index (χ0n) is 15.6. The molecule has 2 rings (SSSR count). The van der Waals surface area contributed by atoms with Crippen molar-refractivity contribution in [1.82, 2.24) is 5.32 Å². The number of benzene rings is 2. The molecule has 5 nitrogen and oxygen atoms in total. The Bertz CT molecular complexity index is 749. The predicted octanol–water partition coefficient (Wildman–Crippen LogP) is 3.57. The number of hydrogen-bond acceptors (Lipinski definition) is 5. The first-order valence-electron chi connectivity index (χ1n) is 8.26. The second-order valence-electron chi connectivity index (χ2n) is 5.75. The highest BCUT2D eigenvalue weighted by Gasteiger charge is 2.09. The molecule has 0 aromatic heterocycles. The summed E-state index contributed by atoms with van der Waals surface area (Å²) in [5.41, 5.74) is 3.26. The van der Waals surface area contributed by atoms with Crippen molar-refractivity contribution in [2.45, 2.75) is 19.2 Å². The van der Waals surface area contributed by atoms with Crippen LogP contribution in [0.25, 0.3) is 0 Å². The summed E-state index contributed by atoms with van der Waals surface area (Å²) in [6, 6.07) is 11.6. The lowest BCUT2D eigenvalue weighted by Gasteiger charge is -2.12. The van der Waals surface area contributed by atoms with E-state index in [1.807, 2.05) is 43.3 Å². The molecule has 26 heavy (non-hydrogen) atoms. The molecule has 0 saturated carbocycles. The normalized spacial score (nSPS) is 10.3. The van der Waals surface area contributed by atoms with E-state index in [1.54, 1.807) is 33.1 Å². The van der Waals surface area contributed by atoms with Crippen molar-refractivity contribution in [2.75, 3.05) is 27.1 Å². The Kier molecular flexibility index (Phi) is 7.66. The fourth-order valence-electron chi connectivity index (χ4n) is 2.47. The quantitative estimate of drug-likeness (QED) is 0.726. The van der Waals surface area contributed by atoms with Gasteiger partial charge in [0.25, 0.3) is 0 Å². The molecule has 2 aromatic carbocycles. The summed E-state index contributed by atoms with van der Waals surface area (Å²) >= 11 is 1.57. The van der Waals surface area contributed by atoms with Gasteiger partial charge in [0, 0.05) is 12.3 Å². The third-order valence-corrected chi connectivity index (χ3v) is 4.94. The van der Waals surface area contributed by atoms with E-state index >= 15 is 0 Å². The smallest absolute Gasteiger partial charge is 0.230 e. The fourth-order valence-corrected chi connectivity index (χ4v) is 3.39. The first kappa shape index (κ1) is 20.0. The molecule has 0 aliphatic rings. The zero-order chi connectivity index (χ0) is 18.9. The van der Waals surface area contributed by atoms with Gasteiger partial charge in [-0.15, -0.1) is 11.8 Å². The first-order chi connectivity index (χ1) is 12.6. The highest BCUT2D eigenvalue weighted by Crippen LogP contribution is 2.31. The number of hydrogen-bond donors (Lipinski definition) is 1. The Morgan fingerprint density at radius 1 is 1.04 bits per heavy atom. The minimum atomic E-state index is 0.0101. The molecule has 0 atom stereocenters. The molecule has 0 aliphatic carbocycles. The second kappa shape index (κ2) is 9.97. The number of amides is 1. The van der Waals surface area contributed by atoms with Crippen LogP contribution in [0.2, 0.25) is 0 Å². The largest absolute Gasteiger partial charge is 0.497 e. The van der Waals surface area contributed by atoms with Gasteiger partial charge in [0.2, 0.25) is 5.91 Å². The van der Waals surface area contributed by atoms with Gasteiger partial charge in [-0.05, 0) is 47.9 Å². The summed E-state index contributed by atoms with van der Waals surface area (Å²) in [7, 11) is 4.87. The summed E-state index contributed by atoms with van der Waals surface area (Å²) < 4.78 is 15.8. The molecule has 0 spiro atoms. The average Bonchev–Trinajstić information content (AvgIpc) is 2.67. The number of rotatable bonds is 9. The number of carbonyl (C=O) groups excluding carboxylic acids is 1. The topological polar surface area (TPSA) is 56.8 Å². The molecule has 140 valence electrons. The Hall–Kier alpha value is -2.34. The molecule has 1 amide bonds. The van der Waals surface area contributed by atoms with Crippen molar-refractivity contribution >= 4 is 17.7 Å². The van der Waals surface area contributed by atoms with Gasteiger partial charge in [-0.3, -0.25) is 4.79 Å². The molecule has 0 saturated heterocycles. The Morgan fingerprint density at radius 2 is 1.77 bits per heavy atom. The van der Waals surface area contributed by atoms with Crippen LogP contribution in [0.3, 0.4) is 0 Å². The molecule has 1 N–H and O–H groups in total. The summed E-state index contributed by atoms with van der Waals surface area (Å²) in [6.45, 7) is 2.52. The van der Waals surface area contributed by atoms with Crippen LogP contribution < -0.4 is 19.5 Å². The number of carbonyl (C=O) groups is 1. The molecule has 0 radical (unpaired) electrons. The van der Waals surface area contributed by atoms with Crippen molar-refractivity contribution in [3.63, 3.8) is 0 Å². The predicted molar refractivity (Wildman–Crippen MR) is 105 cm³/mol. The van der Waals surface area contributed by atoms with E-state index in [1.165, 1.54) is 0 Å². The van der Waals surface area contributed by atoms with Crippen LogP contribution in [0.15, 0.2) is 36.4 Å². The molecule has 6 heteroatoms. The third kappa shape index (κ3) is 5.59. The van der Waals surface area contributed by atoms with Gasteiger partial charge in [0.1, 0.15) is 5.75 Å². The highest BCUT2D eigenvalue weighted by atomic mass is 32.2. The average molecular weight is 375 g/mol. The van der Waals surface area contributed by atoms with Crippen LogP contribution in [-0.4, -0.2) is 33.0 Å². The molecule has 0 fully saturated rings. The number of nitrogens with one attached hydrogen (secondary N) is 1. The van der Waals surface area contributed by atoms with E-state index in [0.29, 0.717) is 18.0 Å². The van der Waals surface area contributed by atoms with Crippen molar-refractivity contribution in [3.8, 4) is 17.2 Å². The monoisotopic (exact) mass is 375 g/mol. The first-order valence-corrected chi connectivity index (χ1v) is 9.41. The van der Waals surface area contributed by atoms with E-state index in [2.05, 4.69) is 5.32 Å². The molecular weight excluding hydrogens is 350 g/mol. The lowest BCUT2D eigenvalue weighted by Crippen LogP contribution is -2.24. The van der Waals surface area contributed by atoms with Gasteiger partial charge in [-0.25, -0.2) is 0 Å². The van der Waals surface area contributed by atoms with Gasteiger partial charge >= 0.3 is 0 Å². The van der Waals surface area contributed by atoms with Crippen LogP contribution >= 0.6 is 11.8 Å². The van der Waals surface area contributed by atoms with Crippen molar-refractivity contribution in [2.24, 2.45) is 0 Å². The van der Waals surface area contributed by atoms with E-state index in [0.717, 1.165) is 33.9 Å². The summed E-state index contributed by atoms with van der Waals surface area (Å²) in [6.07, 6.45) is 0. The van der Waals surface area contributed by atoms with Crippen molar-refractivity contribution in [1.29, 1.82) is 0 Å². The number of aryl methyl sites for hydroxylation is 1. The lowest BCUT2D eigenvalue weighted by atomic mass is 10.1. The molecule has 0 unspecified atom stereocenters. The Labute approximate surface area is 159 Å². The van der Waals surface area contributed by atoms with E-state index in [-0.39, 0.29) is 5.91 Å². The van der Waals surface area contributed by atoms with Crippen LogP contribution in [-0.2, 0) is 17.1 Å². The molecule has 0 heterocycles. The summed E-state index contributed by atoms with van der Waals surface area (Å²) in [5.74, 6) is 3.35. The second-order valence-corrected chi connectivity index (χ2v) is 6.74. The maximum Gasteiger partial charge on any atom is 0.230 e. The summed E-state index contributed by atoms with van der Waals surface area (Å²) in [5, 5.41) is 2.93. The molecule has 0 aliphatic heterocycles. The third-order valence-electron chi connectivity index (χ3n) is 3.96. The number of thioether (sulfide) groups is 1. The molecular formula is C20H25NO4S. The molecule has 0 bridgehead atoms. The Balaban J connectivity index is 1.82. The van der Waals surface area contributed by atoms with E-state index in [4.69, 9.17) is 14.2 Å². The van der Waals surface area contributed by atoms with Crippen LogP contribution in [0, 0.1) is 6.92 Å². The SMILES string of the molecule is COc1cccc(CNC(=O)CSCc2cc(OC)c(OC)cc2C)c1. The van der Waals surface area contributed by atoms with Crippen LogP contribution in [0.1, 0.15) is 16.7 Å². The van der Waals surface area contributed by atoms with E-state index < -0.39 is 0 Å². The van der Waals surface area contributed by atoms with Crippen LogP contribution in [0.4, 0.5) is 0 Å². The van der Waals surface area contributed by atoms with Crippen molar-refractivity contribution < 1.29 is 19.0 Å². The van der Waals surface area contributed by atoms with E-state index in [9.17, 15) is 4.79 Å². The lowest BCUT2D eigenvalue weighted by molar-refractivity contribution is -0.118. The molecule has 2 aromatic rings. The minimum Gasteiger partial charge on any atom is -0.497 e. The number of methoxy groups -OCH3 is 3. The van der Waals surface area contributed by atoms with Gasteiger partial charge in [0.15, 0.2) is 11.5 Å². The minimum absolute atomic E-state index is 0.0101. The zero-order valence-corrected chi connectivity index (χ0v) is 16.4. The van der Waals surface area contributed by atoms with Crippen LogP contribution in [0.5, 0.6) is 17.2 Å². The maximum atomic E-state index is 12.1. The van der Waals surface area contributed by atoms with Gasteiger partial charge < -0.3 is 19.5 Å². The highest BCUT2D eigenvalue weighted by molar-refractivity contribution is 7.99. The van der Waals surface area contributed by atoms with Crippen molar-refractivity contribution in [3.05, 3.63) is 53.1 Å². The maximum absolute atomic E-state index is 12.1. The summed E-state index contributed by atoms with van der Waals surface area (Å²) in [4.78, 5) is 12.1. The van der Waals surface area contributed by atoms with Gasteiger partial charge in [-0.1, -0.05) is 12.1 Å².